The predicted octanol–water partition coefficient (Wildman–Crippen LogP) is 13.4. The van der Waals surface area contributed by atoms with Crippen LogP contribution in [0.15, 0.2) is 176 Å². The summed E-state index contributed by atoms with van der Waals surface area (Å²) in [4.78, 5) is 2.45. The molecule has 0 saturated heterocycles. The van der Waals surface area contributed by atoms with Crippen LogP contribution in [0.3, 0.4) is 0 Å². The van der Waals surface area contributed by atoms with Crippen LogP contribution in [-0.2, 0) is 5.41 Å². The monoisotopic (exact) mass is 679 g/mol. The van der Waals surface area contributed by atoms with Crippen LogP contribution in [0.5, 0.6) is 5.75 Å². The second-order valence-corrected chi connectivity index (χ2v) is 15.2. The third-order valence-electron chi connectivity index (χ3n) is 12.0. The van der Waals surface area contributed by atoms with E-state index in [0.717, 1.165) is 17.9 Å². The maximum atomic E-state index is 6.56. The first-order valence-corrected chi connectivity index (χ1v) is 18.7. The van der Waals surface area contributed by atoms with Gasteiger partial charge in [-0.25, -0.2) is 0 Å². The number of ether oxygens (including phenoxy) is 1. The fourth-order valence-corrected chi connectivity index (χ4v) is 9.38. The van der Waals surface area contributed by atoms with Crippen LogP contribution in [0.25, 0.3) is 60.1 Å². The molecule has 8 aromatic rings. The van der Waals surface area contributed by atoms with E-state index in [1.165, 1.54) is 88.2 Å². The molecule has 0 N–H and O–H groups in total. The molecule has 0 saturated carbocycles. The van der Waals surface area contributed by atoms with Crippen LogP contribution in [0.1, 0.15) is 37.0 Å². The Morgan fingerprint density at radius 3 is 2.13 bits per heavy atom. The SMILES string of the molecule is CC1(C)c2ccccc2-c2ccc(N(C3=CC=C4c5ccccc5OC4C3)c3ccc(-c4cccc5ccc6c7ccccc7ccc6c45)cc3)cc21. The zero-order valence-electron chi connectivity index (χ0n) is 29.8. The molecule has 1 unspecified atom stereocenters. The van der Waals surface area contributed by atoms with Crippen LogP contribution < -0.4 is 9.64 Å². The molecule has 1 heterocycles. The second-order valence-electron chi connectivity index (χ2n) is 15.2. The average molecular weight is 680 g/mol. The van der Waals surface area contributed by atoms with Crippen molar-refractivity contribution in [2.45, 2.75) is 31.8 Å². The lowest BCUT2D eigenvalue weighted by Crippen LogP contribution is -2.25. The standard InChI is InChI=1S/C51H37NO/c1-51(2)46-16-7-5-13-41(46)42-28-24-36(30-47(42)51)52(37-25-29-44-43-14-6-8-17-48(43)53-49(44)31-37)35-22-18-33(19-23-35)39-15-9-11-34-21-26-40-38-12-4-3-10-32(38)20-27-45(40)50(34)39/h3-30,49H,31H2,1-2H3. The summed E-state index contributed by atoms with van der Waals surface area (Å²) in [6.45, 7) is 4.71. The van der Waals surface area contributed by atoms with Gasteiger partial charge in [0.1, 0.15) is 11.9 Å². The summed E-state index contributed by atoms with van der Waals surface area (Å²) in [5.74, 6) is 0.974. The fourth-order valence-electron chi connectivity index (χ4n) is 9.38. The van der Waals surface area contributed by atoms with Crippen LogP contribution in [-0.4, -0.2) is 6.10 Å². The van der Waals surface area contributed by atoms with Gasteiger partial charge in [-0.2, -0.15) is 0 Å². The van der Waals surface area contributed by atoms with E-state index in [0.29, 0.717) is 0 Å². The van der Waals surface area contributed by atoms with Gasteiger partial charge in [-0.1, -0.05) is 147 Å². The van der Waals surface area contributed by atoms with E-state index < -0.39 is 0 Å². The van der Waals surface area contributed by atoms with Crippen molar-refractivity contribution < 1.29 is 4.74 Å². The van der Waals surface area contributed by atoms with E-state index in [1.54, 1.807) is 0 Å². The summed E-state index contributed by atoms with van der Waals surface area (Å²) in [6, 6.07) is 58.1. The Hall–Kier alpha value is -6.38. The van der Waals surface area contributed by atoms with E-state index in [-0.39, 0.29) is 11.5 Å². The van der Waals surface area contributed by atoms with Crippen LogP contribution in [0, 0.1) is 0 Å². The van der Waals surface area contributed by atoms with Gasteiger partial charge in [0.05, 0.1) is 0 Å². The predicted molar refractivity (Wildman–Crippen MR) is 222 cm³/mol. The highest BCUT2D eigenvalue weighted by Crippen LogP contribution is 2.51. The molecule has 0 fully saturated rings. The van der Waals surface area contributed by atoms with E-state index >= 15 is 0 Å². The van der Waals surface area contributed by atoms with Gasteiger partial charge in [-0.15, -0.1) is 0 Å². The van der Waals surface area contributed by atoms with Gasteiger partial charge < -0.3 is 9.64 Å². The van der Waals surface area contributed by atoms with E-state index in [9.17, 15) is 0 Å². The molecule has 2 heteroatoms. The Kier molecular flexibility index (Phi) is 6.46. The first-order chi connectivity index (χ1) is 26.0. The zero-order valence-corrected chi connectivity index (χ0v) is 29.8. The molecule has 0 bridgehead atoms. The molecule has 8 aromatic carbocycles. The van der Waals surface area contributed by atoms with Gasteiger partial charge >= 0.3 is 0 Å². The molecule has 1 atom stereocenters. The molecule has 252 valence electrons. The molecule has 0 spiro atoms. The Bertz CT molecular complexity index is 2870. The molecular weight excluding hydrogens is 643 g/mol. The molecule has 2 aliphatic carbocycles. The molecule has 1 aliphatic heterocycles. The van der Waals surface area contributed by atoms with Crippen molar-refractivity contribution in [3.05, 3.63) is 192 Å². The van der Waals surface area contributed by atoms with Gasteiger partial charge in [0, 0.05) is 40.0 Å². The molecule has 0 amide bonds. The summed E-state index contributed by atoms with van der Waals surface area (Å²) >= 11 is 0. The van der Waals surface area contributed by atoms with E-state index in [4.69, 9.17) is 4.74 Å². The first kappa shape index (κ1) is 30.3. The number of hydrogen-bond acceptors (Lipinski definition) is 2. The van der Waals surface area contributed by atoms with Crippen LogP contribution in [0.4, 0.5) is 11.4 Å². The number of benzene rings is 8. The van der Waals surface area contributed by atoms with Crippen LogP contribution >= 0.6 is 0 Å². The Morgan fingerprint density at radius 2 is 1.23 bits per heavy atom. The number of para-hydroxylation sites is 1. The molecule has 0 aromatic heterocycles. The Morgan fingerprint density at radius 1 is 0.528 bits per heavy atom. The first-order valence-electron chi connectivity index (χ1n) is 18.7. The number of anilines is 2. The molecule has 0 radical (unpaired) electrons. The molecule has 3 aliphatic rings. The van der Waals surface area contributed by atoms with Gasteiger partial charge in [-0.05, 0) is 102 Å². The summed E-state index contributed by atoms with van der Waals surface area (Å²) < 4.78 is 6.56. The normalized spacial score (nSPS) is 16.4. The quantitative estimate of drug-likeness (QED) is 0.172. The maximum absolute atomic E-state index is 6.56. The van der Waals surface area contributed by atoms with Crippen molar-refractivity contribution >= 4 is 49.3 Å². The van der Waals surface area contributed by atoms with Crippen molar-refractivity contribution in [1.82, 2.24) is 0 Å². The third kappa shape index (κ3) is 4.52. The van der Waals surface area contributed by atoms with Gasteiger partial charge in [-0.3, -0.25) is 0 Å². The Balaban J connectivity index is 1.05. The molecule has 53 heavy (non-hydrogen) atoms. The lowest BCUT2D eigenvalue weighted by molar-refractivity contribution is 0.274. The van der Waals surface area contributed by atoms with Crippen molar-refractivity contribution in [3.8, 4) is 28.0 Å². The summed E-state index contributed by atoms with van der Waals surface area (Å²) in [5, 5.41) is 7.69. The minimum Gasteiger partial charge on any atom is -0.485 e. The fraction of sp³-hybridized carbons (Fsp3) is 0.0980. The molecule has 11 rings (SSSR count). The molecular formula is C51H37NO. The number of nitrogens with zero attached hydrogens (tertiary/aromatic N) is 1. The van der Waals surface area contributed by atoms with E-state index in [1.807, 2.05) is 0 Å². The Labute approximate surface area is 309 Å². The summed E-state index contributed by atoms with van der Waals surface area (Å²) in [7, 11) is 0. The second kappa shape index (κ2) is 11.3. The summed E-state index contributed by atoms with van der Waals surface area (Å²) in [5.41, 5.74) is 13.8. The van der Waals surface area contributed by atoms with Crippen molar-refractivity contribution in [2.75, 3.05) is 4.90 Å². The third-order valence-corrected chi connectivity index (χ3v) is 12.0. The van der Waals surface area contributed by atoms with Gasteiger partial charge in [0.25, 0.3) is 0 Å². The van der Waals surface area contributed by atoms with Crippen molar-refractivity contribution in [2.24, 2.45) is 0 Å². The van der Waals surface area contributed by atoms with Crippen molar-refractivity contribution in [3.63, 3.8) is 0 Å². The van der Waals surface area contributed by atoms with Crippen molar-refractivity contribution in [1.29, 1.82) is 0 Å². The molecule has 2 nitrogen and oxygen atoms in total. The maximum Gasteiger partial charge on any atom is 0.130 e. The lowest BCUT2D eigenvalue weighted by atomic mass is 9.82. The highest BCUT2D eigenvalue weighted by atomic mass is 16.5. The number of hydrogen-bond donors (Lipinski definition) is 0. The van der Waals surface area contributed by atoms with Gasteiger partial charge in [0.2, 0.25) is 0 Å². The van der Waals surface area contributed by atoms with E-state index in [2.05, 4.69) is 189 Å². The zero-order chi connectivity index (χ0) is 35.3. The average Bonchev–Trinajstić information content (AvgIpc) is 3.69. The van der Waals surface area contributed by atoms with Gasteiger partial charge in [0.15, 0.2) is 0 Å². The highest BCUT2D eigenvalue weighted by molar-refractivity contribution is 6.20. The highest BCUT2D eigenvalue weighted by Gasteiger charge is 2.37. The number of allylic oxidation sites excluding steroid dienone is 2. The minimum absolute atomic E-state index is 0.00987. The number of rotatable bonds is 4. The van der Waals surface area contributed by atoms with Crippen LogP contribution in [0.2, 0.25) is 0 Å². The topological polar surface area (TPSA) is 12.5 Å². The largest absolute Gasteiger partial charge is 0.485 e. The minimum atomic E-state index is -0.0931. The lowest BCUT2D eigenvalue weighted by Gasteiger charge is -2.32. The number of fused-ring (bicyclic) bond motifs is 11. The smallest absolute Gasteiger partial charge is 0.130 e. The summed E-state index contributed by atoms with van der Waals surface area (Å²) in [6.07, 6.45) is 5.35.